The van der Waals surface area contributed by atoms with Crippen molar-refractivity contribution in [3.8, 4) is 6.07 Å². The molecule has 5 heteroatoms. The third-order valence-corrected chi connectivity index (χ3v) is 3.80. The maximum atomic E-state index is 9.09. The van der Waals surface area contributed by atoms with E-state index in [4.69, 9.17) is 9.68 Å². The summed E-state index contributed by atoms with van der Waals surface area (Å²) >= 11 is 0. The topological polar surface area (TPSA) is 66.0 Å². The quantitative estimate of drug-likeness (QED) is 0.843. The molecule has 0 N–H and O–H groups in total. The van der Waals surface area contributed by atoms with Gasteiger partial charge in [-0.25, -0.2) is 0 Å². The fraction of sp³-hybridized carbons (Fsp3) is 0.438. The molecule has 2 heterocycles. The normalized spacial score (nSPS) is 17.9. The van der Waals surface area contributed by atoms with Gasteiger partial charge in [-0.1, -0.05) is 35.4 Å². The van der Waals surface area contributed by atoms with Gasteiger partial charge in [-0.05, 0) is 31.2 Å². The second kappa shape index (κ2) is 6.40. The Kier molecular flexibility index (Phi) is 4.15. The Bertz CT molecular complexity index is 617. The van der Waals surface area contributed by atoms with Crippen molar-refractivity contribution in [2.24, 2.45) is 0 Å². The van der Waals surface area contributed by atoms with Gasteiger partial charge in [0, 0.05) is 13.0 Å². The highest BCUT2D eigenvalue weighted by atomic mass is 16.4. The zero-order valence-corrected chi connectivity index (χ0v) is 11.9. The van der Waals surface area contributed by atoms with Gasteiger partial charge < -0.3 is 9.32 Å². The highest BCUT2D eigenvalue weighted by Gasteiger charge is 2.28. The predicted molar refractivity (Wildman–Crippen MR) is 78.7 cm³/mol. The number of aryl methyl sites for hydroxylation is 2. The van der Waals surface area contributed by atoms with E-state index in [9.17, 15) is 0 Å². The van der Waals surface area contributed by atoms with E-state index in [2.05, 4.69) is 40.5 Å². The highest BCUT2D eigenvalue weighted by Crippen LogP contribution is 2.24. The van der Waals surface area contributed by atoms with Gasteiger partial charge in [0.1, 0.15) is 6.04 Å². The average Bonchev–Trinajstić information content (AvgIpc) is 3.16. The average molecular weight is 282 g/mol. The van der Waals surface area contributed by atoms with E-state index in [0.29, 0.717) is 11.9 Å². The van der Waals surface area contributed by atoms with Gasteiger partial charge >= 0.3 is 6.01 Å². The zero-order valence-electron chi connectivity index (χ0n) is 11.9. The van der Waals surface area contributed by atoms with Crippen molar-refractivity contribution in [2.45, 2.75) is 38.1 Å². The van der Waals surface area contributed by atoms with E-state index in [1.165, 1.54) is 5.56 Å². The molecule has 108 valence electrons. The Morgan fingerprint density at radius 3 is 2.90 bits per heavy atom. The molecular weight excluding hydrogens is 264 g/mol. The van der Waals surface area contributed by atoms with Crippen molar-refractivity contribution in [3.63, 3.8) is 0 Å². The molecule has 1 saturated heterocycles. The Morgan fingerprint density at radius 1 is 1.24 bits per heavy atom. The van der Waals surface area contributed by atoms with Crippen molar-refractivity contribution < 1.29 is 4.42 Å². The van der Waals surface area contributed by atoms with E-state index < -0.39 is 0 Å². The van der Waals surface area contributed by atoms with Gasteiger partial charge in [-0.2, -0.15) is 5.26 Å². The van der Waals surface area contributed by atoms with Crippen LogP contribution in [0.25, 0.3) is 0 Å². The van der Waals surface area contributed by atoms with Gasteiger partial charge in [-0.15, -0.1) is 5.10 Å². The molecule has 1 aromatic heterocycles. The molecule has 1 aromatic carbocycles. The van der Waals surface area contributed by atoms with Crippen LogP contribution < -0.4 is 4.90 Å². The maximum Gasteiger partial charge on any atom is 0.319 e. The lowest BCUT2D eigenvalue weighted by Gasteiger charge is -2.15. The molecule has 0 aliphatic carbocycles. The number of hydrogen-bond acceptors (Lipinski definition) is 5. The Balaban J connectivity index is 1.55. The summed E-state index contributed by atoms with van der Waals surface area (Å²) in [5.74, 6) is 0.657. The van der Waals surface area contributed by atoms with Crippen LogP contribution in [0.1, 0.15) is 30.7 Å². The lowest BCUT2D eigenvalue weighted by atomic mass is 10.1. The molecule has 1 atom stereocenters. The van der Waals surface area contributed by atoms with Gasteiger partial charge in [0.2, 0.25) is 5.89 Å². The number of aromatic nitrogens is 2. The summed E-state index contributed by atoms with van der Waals surface area (Å²) in [7, 11) is 0. The smallest absolute Gasteiger partial charge is 0.319 e. The molecule has 3 rings (SSSR count). The molecule has 5 nitrogen and oxygen atoms in total. The summed E-state index contributed by atoms with van der Waals surface area (Å²) < 4.78 is 5.69. The molecule has 1 aliphatic rings. The third-order valence-electron chi connectivity index (χ3n) is 3.80. The van der Waals surface area contributed by atoms with Gasteiger partial charge in [0.25, 0.3) is 0 Å². The number of anilines is 1. The molecule has 0 spiro atoms. The maximum absolute atomic E-state index is 9.09. The SMILES string of the molecule is N#CC1CCCN1c1nnc(CCCc2ccccc2)o1. The van der Waals surface area contributed by atoms with Gasteiger partial charge in [0.05, 0.1) is 6.07 Å². The second-order valence-corrected chi connectivity index (χ2v) is 5.30. The van der Waals surface area contributed by atoms with Gasteiger partial charge in [0.15, 0.2) is 0 Å². The molecule has 0 bridgehead atoms. The monoisotopic (exact) mass is 282 g/mol. The highest BCUT2D eigenvalue weighted by molar-refractivity contribution is 5.32. The molecule has 0 radical (unpaired) electrons. The van der Waals surface area contributed by atoms with E-state index in [0.717, 1.165) is 38.6 Å². The molecule has 0 saturated carbocycles. The van der Waals surface area contributed by atoms with Crippen LogP contribution >= 0.6 is 0 Å². The van der Waals surface area contributed by atoms with Crippen LogP contribution in [0, 0.1) is 11.3 Å². The minimum Gasteiger partial charge on any atom is -0.408 e. The fourth-order valence-corrected chi connectivity index (χ4v) is 2.68. The summed E-state index contributed by atoms with van der Waals surface area (Å²) in [4.78, 5) is 1.91. The molecular formula is C16H18N4O. The van der Waals surface area contributed by atoms with Crippen molar-refractivity contribution in [1.29, 1.82) is 5.26 Å². The van der Waals surface area contributed by atoms with E-state index in [1.54, 1.807) is 0 Å². The van der Waals surface area contributed by atoms with Crippen LogP contribution in [0.2, 0.25) is 0 Å². The van der Waals surface area contributed by atoms with Crippen molar-refractivity contribution in [2.75, 3.05) is 11.4 Å². The number of benzene rings is 1. The van der Waals surface area contributed by atoms with Gasteiger partial charge in [-0.3, -0.25) is 0 Å². The van der Waals surface area contributed by atoms with E-state index in [-0.39, 0.29) is 6.04 Å². The van der Waals surface area contributed by atoms with Crippen LogP contribution in [0.15, 0.2) is 34.7 Å². The third kappa shape index (κ3) is 3.22. The molecule has 0 amide bonds. The van der Waals surface area contributed by atoms with Crippen LogP contribution in [-0.2, 0) is 12.8 Å². The summed E-state index contributed by atoms with van der Waals surface area (Å²) in [5, 5.41) is 17.3. The zero-order chi connectivity index (χ0) is 14.5. The van der Waals surface area contributed by atoms with Crippen LogP contribution in [0.4, 0.5) is 6.01 Å². The first-order chi connectivity index (χ1) is 10.4. The van der Waals surface area contributed by atoms with E-state index >= 15 is 0 Å². The largest absolute Gasteiger partial charge is 0.408 e. The summed E-state index contributed by atoms with van der Waals surface area (Å²) in [6.07, 6.45) is 4.63. The number of nitrogens with zero attached hydrogens (tertiary/aromatic N) is 4. The van der Waals surface area contributed by atoms with E-state index in [1.807, 2.05) is 11.0 Å². The molecule has 1 unspecified atom stereocenters. The standard InChI is InChI=1S/C16H18N4O/c17-12-14-9-5-11-20(14)16-19-18-15(21-16)10-4-8-13-6-2-1-3-7-13/h1-3,6-7,14H,4-5,8-11H2. The van der Waals surface area contributed by atoms with Crippen molar-refractivity contribution >= 4 is 6.01 Å². The lowest BCUT2D eigenvalue weighted by Crippen LogP contribution is -2.27. The summed E-state index contributed by atoms with van der Waals surface area (Å²) in [6.45, 7) is 0.823. The molecule has 21 heavy (non-hydrogen) atoms. The lowest BCUT2D eigenvalue weighted by molar-refractivity contribution is 0.478. The van der Waals surface area contributed by atoms with Crippen LogP contribution in [0.3, 0.4) is 0 Å². The van der Waals surface area contributed by atoms with Crippen molar-refractivity contribution in [3.05, 3.63) is 41.8 Å². The Labute approximate surface area is 124 Å². The molecule has 1 aliphatic heterocycles. The second-order valence-electron chi connectivity index (χ2n) is 5.30. The van der Waals surface area contributed by atoms with Crippen LogP contribution in [0.5, 0.6) is 0 Å². The number of hydrogen-bond donors (Lipinski definition) is 0. The minimum atomic E-state index is -0.123. The first-order valence-corrected chi connectivity index (χ1v) is 7.39. The number of nitriles is 1. The van der Waals surface area contributed by atoms with Crippen LogP contribution in [-0.4, -0.2) is 22.8 Å². The van der Waals surface area contributed by atoms with Crippen molar-refractivity contribution in [1.82, 2.24) is 10.2 Å². The Morgan fingerprint density at radius 2 is 2.10 bits per heavy atom. The fourth-order valence-electron chi connectivity index (χ4n) is 2.68. The minimum absolute atomic E-state index is 0.123. The first-order valence-electron chi connectivity index (χ1n) is 7.39. The molecule has 2 aromatic rings. The number of rotatable bonds is 5. The Hall–Kier alpha value is -2.35. The molecule has 1 fully saturated rings. The first kappa shape index (κ1) is 13.6. The predicted octanol–water partition coefficient (Wildman–Crippen LogP) is 2.74. The summed E-state index contributed by atoms with van der Waals surface area (Å²) in [5.41, 5.74) is 1.32. The summed E-state index contributed by atoms with van der Waals surface area (Å²) in [6, 6.07) is 13.0.